The second kappa shape index (κ2) is 6.50. The molecule has 4 aromatic rings. The zero-order valence-corrected chi connectivity index (χ0v) is 14.8. The van der Waals surface area contributed by atoms with Crippen LogP contribution in [0.2, 0.25) is 0 Å². The van der Waals surface area contributed by atoms with Crippen LogP contribution >= 0.6 is 15.9 Å². The minimum atomic E-state index is -0.0364. The summed E-state index contributed by atoms with van der Waals surface area (Å²) in [7, 11) is 0. The summed E-state index contributed by atoms with van der Waals surface area (Å²) in [5.41, 5.74) is 2.64. The Kier molecular flexibility index (Phi) is 4.02. The lowest BCUT2D eigenvalue weighted by Gasteiger charge is -2.09. The number of rotatable bonds is 4. The van der Waals surface area contributed by atoms with Crippen LogP contribution in [0.5, 0.6) is 5.75 Å². The Labute approximate surface area is 155 Å². The van der Waals surface area contributed by atoms with Gasteiger partial charge in [0, 0.05) is 22.1 Å². The number of hydrogen-bond donors (Lipinski definition) is 3. The fourth-order valence-corrected chi connectivity index (χ4v) is 3.05. The fourth-order valence-electron chi connectivity index (χ4n) is 2.55. The molecule has 0 fully saturated rings. The van der Waals surface area contributed by atoms with Gasteiger partial charge in [0.1, 0.15) is 17.4 Å². The largest absolute Gasteiger partial charge is 0.507 e. The summed E-state index contributed by atoms with van der Waals surface area (Å²) in [5, 5.41) is 36.3. The van der Waals surface area contributed by atoms with E-state index in [0.29, 0.717) is 23.7 Å². The molecular formula is C17H11BrN6O2. The Balaban J connectivity index is 1.60. The number of phenolic OH excluding ortho intramolecular Hbond substituents is 1. The lowest BCUT2D eigenvalue weighted by molar-refractivity contribution is 0.473. The topological polar surface area (TPSA) is 124 Å². The minimum absolute atomic E-state index is 0.0364. The van der Waals surface area contributed by atoms with Crippen molar-refractivity contribution in [2.45, 2.75) is 6.54 Å². The number of benzene rings is 2. The molecule has 0 aliphatic rings. The molecule has 0 spiro atoms. The molecule has 0 unspecified atom stereocenters. The highest BCUT2D eigenvalue weighted by molar-refractivity contribution is 9.10. The van der Waals surface area contributed by atoms with Crippen LogP contribution in [0.25, 0.3) is 22.6 Å². The molecule has 128 valence electrons. The van der Waals surface area contributed by atoms with Gasteiger partial charge in [0.05, 0.1) is 5.56 Å². The predicted octanol–water partition coefficient (Wildman–Crippen LogP) is 3.56. The Morgan fingerprint density at radius 3 is 2.92 bits per heavy atom. The third-order valence-corrected chi connectivity index (χ3v) is 4.60. The number of nitrogens with one attached hydrogen (secondary N) is 2. The number of phenols is 1. The standard InChI is InChI=1S/C17H11BrN6O2/c18-13-4-9-5-16(17-21-23-24-22-17)26-15(9)6-11(13)8-20-12-1-2-14(25)10(3-12)7-19/h1-6,20,25H,8H2,(H,21,22,23,24). The summed E-state index contributed by atoms with van der Waals surface area (Å²) in [4.78, 5) is 0. The first kappa shape index (κ1) is 16.1. The van der Waals surface area contributed by atoms with Crippen molar-refractivity contribution in [3.63, 3.8) is 0 Å². The van der Waals surface area contributed by atoms with Crippen LogP contribution < -0.4 is 5.32 Å². The van der Waals surface area contributed by atoms with E-state index >= 15 is 0 Å². The Morgan fingerprint density at radius 2 is 2.15 bits per heavy atom. The number of tetrazole rings is 1. The zero-order chi connectivity index (χ0) is 18.1. The molecule has 2 aromatic heterocycles. The van der Waals surface area contributed by atoms with Gasteiger partial charge in [-0.1, -0.05) is 15.9 Å². The van der Waals surface area contributed by atoms with Gasteiger partial charge in [0.15, 0.2) is 5.76 Å². The molecule has 0 aliphatic heterocycles. The van der Waals surface area contributed by atoms with Crippen LogP contribution in [0, 0.1) is 11.3 Å². The SMILES string of the molecule is N#Cc1cc(NCc2cc3oc(-c4nnn[nH]4)cc3cc2Br)ccc1O. The molecule has 0 saturated heterocycles. The van der Waals surface area contributed by atoms with Crippen molar-refractivity contribution in [1.82, 2.24) is 20.6 Å². The molecule has 3 N–H and O–H groups in total. The monoisotopic (exact) mass is 410 g/mol. The Morgan fingerprint density at radius 1 is 1.27 bits per heavy atom. The van der Waals surface area contributed by atoms with Crippen LogP contribution in [0.4, 0.5) is 5.69 Å². The molecule has 0 bridgehead atoms. The normalized spacial score (nSPS) is 10.8. The van der Waals surface area contributed by atoms with E-state index in [2.05, 4.69) is 41.9 Å². The van der Waals surface area contributed by atoms with E-state index in [1.54, 1.807) is 12.1 Å². The van der Waals surface area contributed by atoms with Crippen molar-refractivity contribution in [2.75, 3.05) is 5.32 Å². The van der Waals surface area contributed by atoms with Crippen molar-refractivity contribution in [3.8, 4) is 23.4 Å². The summed E-state index contributed by atoms with van der Waals surface area (Å²) in [6.45, 7) is 0.506. The summed E-state index contributed by atoms with van der Waals surface area (Å²) in [6, 6.07) is 12.5. The second-order valence-electron chi connectivity index (χ2n) is 5.54. The first-order valence-electron chi connectivity index (χ1n) is 7.57. The summed E-state index contributed by atoms with van der Waals surface area (Å²) >= 11 is 3.57. The molecule has 0 aliphatic carbocycles. The van der Waals surface area contributed by atoms with E-state index in [1.807, 2.05) is 24.3 Å². The number of nitriles is 1. The maximum absolute atomic E-state index is 9.58. The highest BCUT2D eigenvalue weighted by Gasteiger charge is 2.12. The smallest absolute Gasteiger partial charge is 0.215 e. The number of aromatic amines is 1. The van der Waals surface area contributed by atoms with Crippen molar-refractivity contribution >= 4 is 32.6 Å². The maximum Gasteiger partial charge on any atom is 0.215 e. The lowest BCUT2D eigenvalue weighted by atomic mass is 10.1. The average molecular weight is 411 g/mol. The van der Waals surface area contributed by atoms with Gasteiger partial charge in [-0.25, -0.2) is 5.10 Å². The number of furan rings is 1. The summed E-state index contributed by atoms with van der Waals surface area (Å²) in [6.07, 6.45) is 0. The van der Waals surface area contributed by atoms with E-state index in [9.17, 15) is 5.11 Å². The third kappa shape index (κ3) is 2.98. The number of fused-ring (bicyclic) bond motifs is 1. The van der Waals surface area contributed by atoms with E-state index in [1.165, 1.54) is 6.07 Å². The first-order chi connectivity index (χ1) is 12.6. The van der Waals surface area contributed by atoms with Crippen LogP contribution in [0.3, 0.4) is 0 Å². The molecular weight excluding hydrogens is 400 g/mol. The van der Waals surface area contributed by atoms with Crippen LogP contribution in [0.1, 0.15) is 11.1 Å². The van der Waals surface area contributed by atoms with Crippen molar-refractivity contribution < 1.29 is 9.52 Å². The molecule has 8 nitrogen and oxygen atoms in total. The molecule has 0 radical (unpaired) electrons. The summed E-state index contributed by atoms with van der Waals surface area (Å²) in [5.74, 6) is 0.981. The van der Waals surface area contributed by atoms with E-state index in [-0.39, 0.29) is 11.3 Å². The zero-order valence-electron chi connectivity index (χ0n) is 13.2. The summed E-state index contributed by atoms with van der Waals surface area (Å²) < 4.78 is 6.73. The number of aromatic hydroxyl groups is 1. The Hall–Kier alpha value is -3.38. The van der Waals surface area contributed by atoms with Crippen molar-refractivity contribution in [3.05, 3.63) is 52.0 Å². The average Bonchev–Trinajstić information content (AvgIpc) is 3.30. The van der Waals surface area contributed by atoms with Crippen LogP contribution in [0.15, 0.2) is 45.3 Å². The van der Waals surface area contributed by atoms with Gasteiger partial charge < -0.3 is 14.8 Å². The van der Waals surface area contributed by atoms with Gasteiger partial charge in [-0.15, -0.1) is 5.10 Å². The van der Waals surface area contributed by atoms with Crippen LogP contribution in [-0.2, 0) is 6.54 Å². The lowest BCUT2D eigenvalue weighted by Crippen LogP contribution is -2.00. The molecule has 2 heterocycles. The molecule has 0 saturated carbocycles. The van der Waals surface area contributed by atoms with Crippen LogP contribution in [-0.4, -0.2) is 25.7 Å². The van der Waals surface area contributed by atoms with Crippen molar-refractivity contribution in [2.24, 2.45) is 0 Å². The highest BCUT2D eigenvalue weighted by Crippen LogP contribution is 2.31. The van der Waals surface area contributed by atoms with Crippen molar-refractivity contribution in [1.29, 1.82) is 5.26 Å². The van der Waals surface area contributed by atoms with Gasteiger partial charge in [-0.05, 0) is 52.4 Å². The Bertz CT molecular complexity index is 1130. The molecule has 0 atom stereocenters. The number of anilines is 1. The number of aromatic nitrogens is 4. The predicted molar refractivity (Wildman–Crippen MR) is 97.2 cm³/mol. The number of halogens is 1. The molecule has 4 rings (SSSR count). The second-order valence-corrected chi connectivity index (χ2v) is 6.39. The van der Waals surface area contributed by atoms with E-state index in [0.717, 1.165) is 21.1 Å². The highest BCUT2D eigenvalue weighted by atomic mass is 79.9. The fraction of sp³-hybridized carbons (Fsp3) is 0.0588. The number of hydrogen-bond acceptors (Lipinski definition) is 7. The first-order valence-corrected chi connectivity index (χ1v) is 8.36. The van der Waals surface area contributed by atoms with Gasteiger partial charge >= 0.3 is 0 Å². The van der Waals surface area contributed by atoms with E-state index in [4.69, 9.17) is 9.68 Å². The quantitative estimate of drug-likeness (QED) is 0.439. The van der Waals surface area contributed by atoms with E-state index < -0.39 is 0 Å². The third-order valence-electron chi connectivity index (χ3n) is 3.86. The molecule has 9 heteroatoms. The number of H-pyrrole nitrogens is 1. The molecule has 0 amide bonds. The van der Waals surface area contributed by atoms with Gasteiger partial charge in [0.2, 0.25) is 5.82 Å². The molecule has 2 aromatic carbocycles. The van der Waals surface area contributed by atoms with Gasteiger partial charge in [-0.3, -0.25) is 0 Å². The number of nitrogens with zero attached hydrogens (tertiary/aromatic N) is 4. The molecule has 26 heavy (non-hydrogen) atoms. The van der Waals surface area contributed by atoms with Gasteiger partial charge in [0.25, 0.3) is 0 Å². The minimum Gasteiger partial charge on any atom is -0.507 e. The maximum atomic E-state index is 9.58. The van der Waals surface area contributed by atoms with Gasteiger partial charge in [-0.2, -0.15) is 5.26 Å².